The van der Waals surface area contributed by atoms with Gasteiger partial charge in [0.05, 0.1) is 23.7 Å². The molecule has 0 spiro atoms. The average molecular weight is 428 g/mol. The molecule has 2 N–H and O–H groups in total. The van der Waals surface area contributed by atoms with Crippen LogP contribution in [0.3, 0.4) is 0 Å². The molecule has 3 rings (SSSR count). The standard InChI is InChI=1S/C22H25N3O4S/c1-25(2)16-21(17-7-4-3-5-8-17)24-22(26)18-10-12-20(13-11-18)30(27,28)23-15-19-9-6-14-29-19/h3-14,21,23H,15-16H2,1-2H3,(H,24,26). The summed E-state index contributed by atoms with van der Waals surface area (Å²) in [5.74, 6) is 0.251. The summed E-state index contributed by atoms with van der Waals surface area (Å²) in [6, 6.07) is 18.8. The lowest BCUT2D eigenvalue weighted by molar-refractivity contribution is 0.0930. The minimum atomic E-state index is -3.71. The smallest absolute Gasteiger partial charge is 0.251 e. The van der Waals surface area contributed by atoms with Gasteiger partial charge in [-0.25, -0.2) is 13.1 Å². The number of nitrogens with zero attached hydrogens (tertiary/aromatic N) is 1. The van der Waals surface area contributed by atoms with E-state index in [-0.39, 0.29) is 23.4 Å². The van der Waals surface area contributed by atoms with Crippen molar-refractivity contribution in [3.63, 3.8) is 0 Å². The van der Waals surface area contributed by atoms with E-state index in [9.17, 15) is 13.2 Å². The van der Waals surface area contributed by atoms with Gasteiger partial charge < -0.3 is 14.6 Å². The maximum Gasteiger partial charge on any atom is 0.251 e. The Labute approximate surface area is 176 Å². The molecule has 1 unspecified atom stereocenters. The zero-order chi connectivity index (χ0) is 21.6. The second-order valence-corrected chi connectivity index (χ2v) is 8.89. The van der Waals surface area contributed by atoms with E-state index in [1.807, 2.05) is 49.3 Å². The first-order valence-electron chi connectivity index (χ1n) is 9.48. The molecule has 2 aromatic carbocycles. The number of rotatable bonds is 9. The van der Waals surface area contributed by atoms with Gasteiger partial charge in [-0.1, -0.05) is 30.3 Å². The van der Waals surface area contributed by atoms with Crippen LogP contribution in [0.1, 0.15) is 27.7 Å². The van der Waals surface area contributed by atoms with Crippen molar-refractivity contribution in [1.29, 1.82) is 0 Å². The van der Waals surface area contributed by atoms with E-state index in [2.05, 4.69) is 10.0 Å². The number of benzene rings is 2. The van der Waals surface area contributed by atoms with Gasteiger partial charge >= 0.3 is 0 Å². The lowest BCUT2D eigenvalue weighted by Crippen LogP contribution is -2.35. The Bertz CT molecular complexity index is 1050. The summed E-state index contributed by atoms with van der Waals surface area (Å²) in [5, 5.41) is 3.02. The van der Waals surface area contributed by atoms with E-state index in [1.165, 1.54) is 30.5 Å². The summed E-state index contributed by atoms with van der Waals surface area (Å²) >= 11 is 0. The van der Waals surface area contributed by atoms with E-state index >= 15 is 0 Å². The quantitative estimate of drug-likeness (QED) is 0.548. The van der Waals surface area contributed by atoms with Gasteiger partial charge in [-0.15, -0.1) is 0 Å². The molecule has 0 radical (unpaired) electrons. The number of hydrogen-bond acceptors (Lipinski definition) is 5. The summed E-state index contributed by atoms with van der Waals surface area (Å²) in [4.78, 5) is 14.8. The van der Waals surface area contributed by atoms with E-state index < -0.39 is 10.0 Å². The van der Waals surface area contributed by atoms with Gasteiger partial charge in [0.25, 0.3) is 5.91 Å². The Hall–Kier alpha value is -2.94. The van der Waals surface area contributed by atoms with Gasteiger partial charge in [-0.2, -0.15) is 0 Å². The van der Waals surface area contributed by atoms with Gasteiger partial charge in [-0.3, -0.25) is 4.79 Å². The zero-order valence-corrected chi connectivity index (χ0v) is 17.7. The van der Waals surface area contributed by atoms with Gasteiger partial charge in [0.15, 0.2) is 0 Å². The van der Waals surface area contributed by atoms with Gasteiger partial charge in [0.2, 0.25) is 10.0 Å². The third kappa shape index (κ3) is 5.79. The number of likely N-dealkylation sites (N-methyl/N-ethyl adjacent to an activating group) is 1. The van der Waals surface area contributed by atoms with Crippen LogP contribution in [0.2, 0.25) is 0 Å². The van der Waals surface area contributed by atoms with Crippen molar-refractivity contribution in [2.24, 2.45) is 0 Å². The molecule has 1 atom stereocenters. The fourth-order valence-corrected chi connectivity index (χ4v) is 3.97. The van der Waals surface area contributed by atoms with Crippen LogP contribution in [-0.2, 0) is 16.6 Å². The first-order valence-corrected chi connectivity index (χ1v) is 11.0. The number of sulfonamides is 1. The number of nitrogens with one attached hydrogen (secondary N) is 2. The molecular formula is C22H25N3O4S. The molecule has 0 aliphatic carbocycles. The van der Waals surface area contributed by atoms with Crippen molar-refractivity contribution in [3.05, 3.63) is 89.9 Å². The van der Waals surface area contributed by atoms with Crippen molar-refractivity contribution >= 4 is 15.9 Å². The lowest BCUT2D eigenvalue weighted by Gasteiger charge is -2.23. The molecular weight excluding hydrogens is 402 g/mol. The number of carbonyl (C=O) groups is 1. The molecule has 1 heterocycles. The summed E-state index contributed by atoms with van der Waals surface area (Å²) in [5.41, 5.74) is 1.39. The van der Waals surface area contributed by atoms with Crippen LogP contribution in [0, 0.1) is 0 Å². The van der Waals surface area contributed by atoms with E-state index in [0.717, 1.165) is 5.56 Å². The van der Waals surface area contributed by atoms with Crippen molar-refractivity contribution in [2.75, 3.05) is 20.6 Å². The minimum absolute atomic E-state index is 0.0564. The van der Waals surface area contributed by atoms with Crippen LogP contribution in [0.4, 0.5) is 0 Å². The largest absolute Gasteiger partial charge is 0.468 e. The molecule has 1 aromatic heterocycles. The summed E-state index contributed by atoms with van der Waals surface area (Å²) in [6.45, 7) is 0.694. The summed E-state index contributed by atoms with van der Waals surface area (Å²) < 4.78 is 32.5. The van der Waals surface area contributed by atoms with Gasteiger partial charge in [0.1, 0.15) is 5.76 Å². The highest BCUT2D eigenvalue weighted by Crippen LogP contribution is 2.16. The minimum Gasteiger partial charge on any atom is -0.468 e. The fraction of sp³-hybridized carbons (Fsp3) is 0.227. The summed E-state index contributed by atoms with van der Waals surface area (Å²) in [7, 11) is 0.175. The summed E-state index contributed by atoms with van der Waals surface area (Å²) in [6.07, 6.45) is 1.48. The highest BCUT2D eigenvalue weighted by atomic mass is 32.2. The van der Waals surface area contributed by atoms with Crippen molar-refractivity contribution < 1.29 is 17.6 Å². The molecule has 8 heteroatoms. The van der Waals surface area contributed by atoms with Crippen LogP contribution in [-0.4, -0.2) is 39.9 Å². The molecule has 0 fully saturated rings. The molecule has 158 valence electrons. The van der Waals surface area contributed by atoms with Gasteiger partial charge in [0, 0.05) is 12.1 Å². The third-order valence-electron chi connectivity index (χ3n) is 4.50. The number of furan rings is 1. The van der Waals surface area contributed by atoms with E-state index in [1.54, 1.807) is 12.1 Å². The number of carbonyl (C=O) groups excluding carboxylic acids is 1. The fourth-order valence-electron chi connectivity index (χ4n) is 2.97. The van der Waals surface area contributed by atoms with E-state index in [4.69, 9.17) is 4.42 Å². The maximum atomic E-state index is 12.7. The monoisotopic (exact) mass is 427 g/mol. The second-order valence-electron chi connectivity index (χ2n) is 7.13. The molecule has 30 heavy (non-hydrogen) atoms. The van der Waals surface area contributed by atoms with Crippen LogP contribution < -0.4 is 10.0 Å². The molecule has 1 amide bonds. The molecule has 7 nitrogen and oxygen atoms in total. The topological polar surface area (TPSA) is 91.7 Å². The second kappa shape index (κ2) is 9.71. The predicted molar refractivity (Wildman–Crippen MR) is 114 cm³/mol. The Kier molecular flexibility index (Phi) is 7.04. The van der Waals surface area contributed by atoms with Crippen LogP contribution in [0.15, 0.2) is 82.3 Å². The van der Waals surface area contributed by atoms with Crippen LogP contribution >= 0.6 is 0 Å². The van der Waals surface area contributed by atoms with Crippen molar-refractivity contribution in [1.82, 2.24) is 14.9 Å². The molecule has 0 bridgehead atoms. The molecule has 0 saturated carbocycles. The molecule has 0 aliphatic rings. The van der Waals surface area contributed by atoms with Crippen molar-refractivity contribution in [3.8, 4) is 0 Å². The Balaban J connectivity index is 1.69. The first-order chi connectivity index (χ1) is 14.3. The SMILES string of the molecule is CN(C)CC(NC(=O)c1ccc(S(=O)(=O)NCc2ccco2)cc1)c1ccccc1. The highest BCUT2D eigenvalue weighted by molar-refractivity contribution is 7.89. The first kappa shape index (κ1) is 21.8. The normalized spacial score (nSPS) is 12.6. The Morgan fingerprint density at radius 3 is 2.30 bits per heavy atom. The average Bonchev–Trinajstić information content (AvgIpc) is 3.26. The number of amides is 1. The maximum absolute atomic E-state index is 12.7. The molecule has 0 aliphatic heterocycles. The third-order valence-corrected chi connectivity index (χ3v) is 5.92. The molecule has 3 aromatic rings. The van der Waals surface area contributed by atoms with Crippen molar-refractivity contribution in [2.45, 2.75) is 17.5 Å². The zero-order valence-electron chi connectivity index (χ0n) is 16.9. The van der Waals surface area contributed by atoms with Crippen LogP contribution in [0.25, 0.3) is 0 Å². The Morgan fingerprint density at radius 1 is 1.00 bits per heavy atom. The number of hydrogen-bond donors (Lipinski definition) is 2. The van der Waals surface area contributed by atoms with Gasteiger partial charge in [-0.05, 0) is 56.1 Å². The highest BCUT2D eigenvalue weighted by Gasteiger charge is 2.18. The lowest BCUT2D eigenvalue weighted by atomic mass is 10.1. The van der Waals surface area contributed by atoms with E-state index in [0.29, 0.717) is 17.9 Å². The predicted octanol–water partition coefficient (Wildman–Crippen LogP) is 2.79. The molecule has 0 saturated heterocycles. The Morgan fingerprint density at radius 2 is 1.70 bits per heavy atom. The van der Waals surface area contributed by atoms with Crippen LogP contribution in [0.5, 0.6) is 0 Å².